The van der Waals surface area contributed by atoms with Crippen LogP contribution in [0.25, 0.3) is 0 Å². The van der Waals surface area contributed by atoms with Crippen molar-refractivity contribution in [2.24, 2.45) is 0 Å². The Bertz CT molecular complexity index is 554. The van der Waals surface area contributed by atoms with Gasteiger partial charge < -0.3 is 16.4 Å². The van der Waals surface area contributed by atoms with Crippen molar-refractivity contribution in [2.75, 3.05) is 35.6 Å². The van der Waals surface area contributed by atoms with E-state index in [2.05, 4.69) is 15.6 Å². The van der Waals surface area contributed by atoms with Gasteiger partial charge in [-0.2, -0.15) is 0 Å². The summed E-state index contributed by atoms with van der Waals surface area (Å²) in [6.45, 7) is 4.42. The third kappa shape index (κ3) is 4.97. The van der Waals surface area contributed by atoms with Gasteiger partial charge in [-0.1, -0.05) is 25.2 Å². The molecule has 0 aliphatic rings. The second kappa shape index (κ2) is 7.44. The molecule has 114 valence electrons. The van der Waals surface area contributed by atoms with Crippen LogP contribution in [0.15, 0.2) is 0 Å². The van der Waals surface area contributed by atoms with E-state index < -0.39 is 15.7 Å². The molecule has 0 unspecified atom stereocenters. The number of rotatable bonds is 8. The van der Waals surface area contributed by atoms with E-state index in [-0.39, 0.29) is 23.9 Å². The summed E-state index contributed by atoms with van der Waals surface area (Å²) in [5.74, 6) is -0.244. The number of nitrogens with zero attached hydrogens (tertiary/aromatic N) is 1. The van der Waals surface area contributed by atoms with Crippen LogP contribution in [0.1, 0.15) is 29.9 Å². The number of nitrogens with two attached hydrogens (primary N) is 1. The summed E-state index contributed by atoms with van der Waals surface area (Å²) in [5.41, 5.74) is 5.68. The van der Waals surface area contributed by atoms with Crippen LogP contribution >= 0.6 is 11.3 Å². The van der Waals surface area contributed by atoms with Crippen molar-refractivity contribution < 1.29 is 13.2 Å². The van der Waals surface area contributed by atoms with Crippen LogP contribution in [-0.4, -0.2) is 43.9 Å². The number of anilines is 2. The van der Waals surface area contributed by atoms with Gasteiger partial charge in [-0.3, -0.25) is 4.79 Å². The van der Waals surface area contributed by atoms with Gasteiger partial charge in [-0.05, 0) is 6.42 Å². The molecule has 9 heteroatoms. The Morgan fingerprint density at radius 3 is 2.65 bits per heavy atom. The number of nitrogens with one attached hydrogen (secondary N) is 2. The molecule has 0 saturated heterocycles. The van der Waals surface area contributed by atoms with Gasteiger partial charge in [0.15, 0.2) is 15.0 Å². The van der Waals surface area contributed by atoms with E-state index in [1.54, 1.807) is 6.92 Å². The second-order valence-corrected chi connectivity index (χ2v) is 7.62. The molecule has 1 aromatic heterocycles. The first-order valence-electron chi connectivity index (χ1n) is 6.38. The van der Waals surface area contributed by atoms with Crippen molar-refractivity contribution in [2.45, 2.75) is 20.3 Å². The highest BCUT2D eigenvalue weighted by Crippen LogP contribution is 2.24. The van der Waals surface area contributed by atoms with Crippen molar-refractivity contribution in [1.29, 1.82) is 0 Å². The van der Waals surface area contributed by atoms with Crippen LogP contribution in [0.3, 0.4) is 0 Å². The minimum atomic E-state index is -3.08. The van der Waals surface area contributed by atoms with Gasteiger partial charge in [0.1, 0.15) is 10.7 Å². The van der Waals surface area contributed by atoms with Crippen LogP contribution in [-0.2, 0) is 9.84 Å². The molecule has 4 N–H and O–H groups in total. The SMILES string of the molecule is CCCNc1nc(N)c(C(=O)NCCS(=O)(=O)CC)s1. The van der Waals surface area contributed by atoms with E-state index in [1.807, 2.05) is 6.92 Å². The van der Waals surface area contributed by atoms with Gasteiger partial charge >= 0.3 is 0 Å². The highest BCUT2D eigenvalue weighted by atomic mass is 32.2. The Hall–Kier alpha value is -1.35. The van der Waals surface area contributed by atoms with Crippen LogP contribution in [0.2, 0.25) is 0 Å². The lowest BCUT2D eigenvalue weighted by Crippen LogP contribution is -2.29. The van der Waals surface area contributed by atoms with E-state index in [1.165, 1.54) is 0 Å². The summed E-state index contributed by atoms with van der Waals surface area (Å²) in [4.78, 5) is 16.2. The zero-order valence-electron chi connectivity index (χ0n) is 11.6. The number of aromatic nitrogens is 1. The van der Waals surface area contributed by atoms with Gasteiger partial charge in [0.25, 0.3) is 5.91 Å². The van der Waals surface area contributed by atoms with Crippen LogP contribution in [0.4, 0.5) is 10.9 Å². The first-order chi connectivity index (χ1) is 9.39. The highest BCUT2D eigenvalue weighted by molar-refractivity contribution is 7.91. The number of carbonyl (C=O) groups is 1. The fourth-order valence-corrected chi connectivity index (χ4v) is 2.88. The Labute approximate surface area is 122 Å². The van der Waals surface area contributed by atoms with E-state index in [9.17, 15) is 13.2 Å². The number of carbonyl (C=O) groups excluding carboxylic acids is 1. The van der Waals surface area contributed by atoms with Gasteiger partial charge in [-0.15, -0.1) is 0 Å². The molecule has 1 amide bonds. The summed E-state index contributed by atoms with van der Waals surface area (Å²) in [6.07, 6.45) is 0.940. The number of sulfone groups is 1. The molecule has 1 aromatic rings. The molecule has 0 saturated carbocycles. The molecule has 0 aromatic carbocycles. The molecule has 7 nitrogen and oxygen atoms in total. The standard InChI is InChI=1S/C11H20N4O3S2/c1-3-5-14-11-15-9(12)8(19-11)10(16)13-6-7-20(17,18)4-2/h3-7,12H2,1-2H3,(H,13,16)(H,14,15). The van der Waals surface area contributed by atoms with Gasteiger partial charge in [0.05, 0.1) is 5.75 Å². The molecule has 0 spiro atoms. The lowest BCUT2D eigenvalue weighted by molar-refractivity contribution is 0.0961. The Kier molecular flexibility index (Phi) is 6.21. The summed E-state index contributed by atoms with van der Waals surface area (Å²) in [5, 5.41) is 6.19. The molecule has 1 rings (SSSR count). The molecular formula is C11H20N4O3S2. The average Bonchev–Trinajstić information content (AvgIpc) is 2.77. The van der Waals surface area contributed by atoms with E-state index in [0.717, 1.165) is 24.3 Å². The molecule has 0 aliphatic carbocycles. The van der Waals surface area contributed by atoms with Gasteiger partial charge in [-0.25, -0.2) is 13.4 Å². The molecular weight excluding hydrogens is 300 g/mol. The number of hydrogen-bond donors (Lipinski definition) is 3. The monoisotopic (exact) mass is 320 g/mol. The van der Waals surface area contributed by atoms with Crippen LogP contribution < -0.4 is 16.4 Å². The number of amides is 1. The minimum absolute atomic E-state index is 0.0661. The maximum atomic E-state index is 11.9. The Morgan fingerprint density at radius 1 is 1.35 bits per heavy atom. The van der Waals surface area contributed by atoms with Crippen LogP contribution in [0.5, 0.6) is 0 Å². The van der Waals surface area contributed by atoms with E-state index >= 15 is 0 Å². The molecule has 0 fully saturated rings. The van der Waals surface area contributed by atoms with Crippen molar-refractivity contribution >= 4 is 38.0 Å². The average molecular weight is 320 g/mol. The fourth-order valence-electron chi connectivity index (χ4n) is 1.35. The predicted octanol–water partition coefficient (Wildman–Crippen LogP) is 0.712. The smallest absolute Gasteiger partial charge is 0.265 e. The Balaban J connectivity index is 2.57. The first kappa shape index (κ1) is 16.7. The zero-order chi connectivity index (χ0) is 15.2. The number of thiazole rings is 1. The maximum Gasteiger partial charge on any atom is 0.265 e. The summed E-state index contributed by atoms with van der Waals surface area (Å²) < 4.78 is 22.6. The summed E-state index contributed by atoms with van der Waals surface area (Å²) >= 11 is 1.16. The molecule has 20 heavy (non-hydrogen) atoms. The van der Waals surface area contributed by atoms with E-state index in [0.29, 0.717) is 10.0 Å². The van der Waals surface area contributed by atoms with Gasteiger partial charge in [0, 0.05) is 18.8 Å². The topological polar surface area (TPSA) is 114 Å². The first-order valence-corrected chi connectivity index (χ1v) is 9.02. The van der Waals surface area contributed by atoms with Crippen molar-refractivity contribution in [3.8, 4) is 0 Å². The quantitative estimate of drug-likeness (QED) is 0.650. The van der Waals surface area contributed by atoms with Crippen molar-refractivity contribution in [3.63, 3.8) is 0 Å². The minimum Gasteiger partial charge on any atom is -0.382 e. The highest BCUT2D eigenvalue weighted by Gasteiger charge is 2.16. The normalized spacial score (nSPS) is 11.3. The third-order valence-corrected chi connectivity index (χ3v) is 5.26. The third-order valence-electron chi connectivity index (χ3n) is 2.52. The number of hydrogen-bond acceptors (Lipinski definition) is 7. The maximum absolute atomic E-state index is 11.9. The Morgan fingerprint density at radius 2 is 2.05 bits per heavy atom. The van der Waals surface area contributed by atoms with Gasteiger partial charge in [0.2, 0.25) is 0 Å². The fraction of sp³-hybridized carbons (Fsp3) is 0.636. The number of nitrogen functional groups attached to an aromatic ring is 1. The summed E-state index contributed by atoms with van der Waals surface area (Å²) in [6, 6.07) is 0. The predicted molar refractivity (Wildman–Crippen MR) is 82.0 cm³/mol. The molecule has 0 aliphatic heterocycles. The van der Waals surface area contributed by atoms with Crippen LogP contribution in [0, 0.1) is 0 Å². The zero-order valence-corrected chi connectivity index (χ0v) is 13.2. The molecule has 1 heterocycles. The van der Waals surface area contributed by atoms with E-state index in [4.69, 9.17) is 5.73 Å². The second-order valence-electron chi connectivity index (χ2n) is 4.15. The lowest BCUT2D eigenvalue weighted by atomic mass is 10.4. The molecule has 0 atom stereocenters. The molecule has 0 radical (unpaired) electrons. The molecule has 0 bridgehead atoms. The lowest BCUT2D eigenvalue weighted by Gasteiger charge is -2.03. The summed E-state index contributed by atoms with van der Waals surface area (Å²) in [7, 11) is -3.08. The van der Waals surface area contributed by atoms with Crippen molar-refractivity contribution in [3.05, 3.63) is 4.88 Å². The largest absolute Gasteiger partial charge is 0.382 e. The van der Waals surface area contributed by atoms with Crippen molar-refractivity contribution in [1.82, 2.24) is 10.3 Å².